The van der Waals surface area contributed by atoms with Gasteiger partial charge < -0.3 is 9.53 Å². The van der Waals surface area contributed by atoms with Crippen LogP contribution in [-0.4, -0.2) is 27.3 Å². The highest BCUT2D eigenvalue weighted by Gasteiger charge is 2.51. The Kier molecular flexibility index (Phi) is 5.45. The first-order valence-corrected chi connectivity index (χ1v) is 8.32. The van der Waals surface area contributed by atoms with Crippen molar-refractivity contribution in [3.8, 4) is 0 Å². The van der Waals surface area contributed by atoms with Gasteiger partial charge in [0.1, 0.15) is 10.5 Å². The van der Waals surface area contributed by atoms with E-state index in [-0.39, 0.29) is 11.7 Å². The number of aliphatic hydroxyl groups excluding tert-OH is 1. The van der Waals surface area contributed by atoms with E-state index in [0.29, 0.717) is 29.6 Å². The molecule has 1 rings (SSSR count). The second-order valence-electron chi connectivity index (χ2n) is 7.02. The van der Waals surface area contributed by atoms with E-state index in [1.54, 1.807) is 0 Å². The van der Waals surface area contributed by atoms with Crippen molar-refractivity contribution >= 4 is 10.5 Å². The molecule has 0 aromatic rings. The molecule has 0 aromatic carbocycles. The van der Waals surface area contributed by atoms with E-state index in [0.717, 1.165) is 23.3 Å². The molecule has 2 nitrogen and oxygen atoms in total. The second-order valence-corrected chi connectivity index (χ2v) is 7.43. The zero-order chi connectivity index (χ0) is 14.1. The van der Waals surface area contributed by atoms with Crippen molar-refractivity contribution in [2.24, 2.45) is 29.6 Å². The van der Waals surface area contributed by atoms with Gasteiger partial charge in [-0.1, -0.05) is 41.5 Å². The largest absolute Gasteiger partial charge is 0.422 e. The fourth-order valence-corrected chi connectivity index (χ4v) is 5.62. The summed E-state index contributed by atoms with van der Waals surface area (Å²) in [6.45, 7) is 13.8. The monoisotopic (exact) mass is 272 g/mol. The highest BCUT2D eigenvalue weighted by atomic mass is 28.2. The van der Waals surface area contributed by atoms with Gasteiger partial charge in [-0.3, -0.25) is 0 Å². The summed E-state index contributed by atoms with van der Waals surface area (Å²) < 4.78 is 6.23. The third-order valence-electron chi connectivity index (χ3n) is 5.06. The van der Waals surface area contributed by atoms with Crippen molar-refractivity contribution in [1.29, 1.82) is 0 Å². The van der Waals surface area contributed by atoms with Crippen LogP contribution in [0.2, 0.25) is 0 Å². The first-order valence-electron chi connectivity index (χ1n) is 7.50. The minimum atomic E-state index is -0.0672. The van der Waals surface area contributed by atoms with Crippen LogP contribution in [0.5, 0.6) is 0 Å². The lowest BCUT2D eigenvalue weighted by Gasteiger charge is -2.54. The lowest BCUT2D eigenvalue weighted by atomic mass is 9.57. The number of hydrogen-bond donors (Lipinski definition) is 1. The van der Waals surface area contributed by atoms with Crippen LogP contribution < -0.4 is 0 Å². The van der Waals surface area contributed by atoms with Crippen molar-refractivity contribution in [2.75, 3.05) is 0 Å². The molecule has 0 aromatic heterocycles. The molecule has 1 unspecified atom stereocenters. The molecule has 1 N–H and O–H groups in total. The van der Waals surface area contributed by atoms with Crippen LogP contribution in [0.4, 0.5) is 0 Å². The quantitative estimate of drug-likeness (QED) is 0.752. The van der Waals surface area contributed by atoms with Crippen molar-refractivity contribution < 1.29 is 9.53 Å². The van der Waals surface area contributed by atoms with Crippen molar-refractivity contribution in [1.82, 2.24) is 0 Å². The molecule has 0 heterocycles. The van der Waals surface area contributed by atoms with E-state index >= 15 is 0 Å². The Bertz CT molecular complexity index is 249. The Morgan fingerprint density at radius 2 is 1.50 bits per heavy atom. The molecular formula is C15H32O2Si. The van der Waals surface area contributed by atoms with E-state index in [4.69, 9.17) is 4.43 Å². The summed E-state index contributed by atoms with van der Waals surface area (Å²) in [6.07, 6.45) is 1.87. The molecule has 1 saturated carbocycles. The fourth-order valence-electron chi connectivity index (χ4n) is 4.40. The van der Waals surface area contributed by atoms with Crippen molar-refractivity contribution in [3.05, 3.63) is 0 Å². The van der Waals surface area contributed by atoms with E-state index in [1.807, 2.05) is 0 Å². The highest BCUT2D eigenvalue weighted by Crippen LogP contribution is 2.50. The van der Waals surface area contributed by atoms with E-state index < -0.39 is 0 Å². The Balaban J connectivity index is 3.05. The Labute approximate surface area is 116 Å². The molecule has 18 heavy (non-hydrogen) atoms. The van der Waals surface area contributed by atoms with Crippen LogP contribution in [0.3, 0.4) is 0 Å². The van der Waals surface area contributed by atoms with Gasteiger partial charge in [0.15, 0.2) is 0 Å². The molecule has 0 radical (unpaired) electrons. The van der Waals surface area contributed by atoms with Crippen molar-refractivity contribution in [2.45, 2.75) is 66.1 Å². The van der Waals surface area contributed by atoms with Crippen LogP contribution in [0.25, 0.3) is 0 Å². The average molecular weight is 273 g/mol. The highest BCUT2D eigenvalue weighted by molar-refractivity contribution is 5.98. The van der Waals surface area contributed by atoms with Gasteiger partial charge in [-0.05, 0) is 42.4 Å². The molecule has 3 heteroatoms. The minimum absolute atomic E-state index is 0.00873. The van der Waals surface area contributed by atoms with Crippen LogP contribution in [0, 0.1) is 29.6 Å². The van der Waals surface area contributed by atoms with E-state index in [9.17, 15) is 5.11 Å². The van der Waals surface area contributed by atoms with Crippen LogP contribution in [0.15, 0.2) is 0 Å². The van der Waals surface area contributed by atoms with Gasteiger partial charge in [-0.15, -0.1) is 0 Å². The summed E-state index contributed by atoms with van der Waals surface area (Å²) in [5, 5.41) is 9.63. The van der Waals surface area contributed by atoms with Gasteiger partial charge in [0.05, 0.1) is 11.7 Å². The summed E-state index contributed by atoms with van der Waals surface area (Å²) in [6, 6.07) is 0. The van der Waals surface area contributed by atoms with Gasteiger partial charge >= 0.3 is 0 Å². The fraction of sp³-hybridized carbons (Fsp3) is 1.00. The molecule has 0 bridgehead atoms. The maximum atomic E-state index is 9.63. The summed E-state index contributed by atoms with van der Waals surface area (Å²) >= 11 is 0. The Morgan fingerprint density at radius 1 is 1.06 bits per heavy atom. The minimum Gasteiger partial charge on any atom is -0.422 e. The van der Waals surface area contributed by atoms with Crippen LogP contribution >= 0.6 is 0 Å². The zero-order valence-corrected chi connectivity index (χ0v) is 15.2. The molecule has 0 spiro atoms. The SMILES string of the molecule is CC(C)C([C@H]1C[C@H](O)C1)C(O[SiH3])(C(C)C)C(C)C. The maximum absolute atomic E-state index is 9.63. The van der Waals surface area contributed by atoms with E-state index in [2.05, 4.69) is 41.5 Å². The van der Waals surface area contributed by atoms with Crippen LogP contribution in [-0.2, 0) is 4.43 Å². The van der Waals surface area contributed by atoms with Gasteiger partial charge in [-0.25, -0.2) is 0 Å². The number of hydrogen-bond acceptors (Lipinski definition) is 2. The van der Waals surface area contributed by atoms with Gasteiger partial charge in [0, 0.05) is 0 Å². The summed E-state index contributed by atoms with van der Waals surface area (Å²) in [5.41, 5.74) is -0.00873. The predicted octanol–water partition coefficient (Wildman–Crippen LogP) is 2.38. The third-order valence-corrected chi connectivity index (χ3v) is 5.76. The van der Waals surface area contributed by atoms with Gasteiger partial charge in [0.25, 0.3) is 0 Å². The molecule has 0 aliphatic heterocycles. The van der Waals surface area contributed by atoms with Crippen LogP contribution in [0.1, 0.15) is 54.4 Å². The molecule has 1 atom stereocenters. The van der Waals surface area contributed by atoms with Crippen molar-refractivity contribution in [3.63, 3.8) is 0 Å². The molecule has 1 fully saturated rings. The first kappa shape index (κ1) is 16.2. The van der Waals surface area contributed by atoms with E-state index in [1.165, 1.54) is 0 Å². The topological polar surface area (TPSA) is 29.5 Å². The molecule has 1 aliphatic carbocycles. The standard InChI is InChI=1S/C15H32O2Si/c1-9(2)14(12-7-13(16)8-12)15(17-18,10(3)4)11(5)6/h9-14,16H,7-8H2,1-6,18H3/t12-,13-,14?. The lowest BCUT2D eigenvalue weighted by molar-refractivity contribution is -0.135. The first-order chi connectivity index (χ1) is 8.27. The number of aliphatic hydroxyl groups is 1. The molecule has 0 amide bonds. The van der Waals surface area contributed by atoms with Gasteiger partial charge in [-0.2, -0.15) is 0 Å². The Morgan fingerprint density at radius 3 is 1.72 bits per heavy atom. The third kappa shape index (κ3) is 2.68. The average Bonchev–Trinajstić information content (AvgIpc) is 2.20. The smallest absolute Gasteiger partial charge is 0.146 e. The summed E-state index contributed by atoms with van der Waals surface area (Å²) in [4.78, 5) is 0. The molecular weight excluding hydrogens is 240 g/mol. The second kappa shape index (κ2) is 6.06. The zero-order valence-electron chi connectivity index (χ0n) is 13.2. The van der Waals surface area contributed by atoms with Gasteiger partial charge in [0.2, 0.25) is 0 Å². The lowest BCUT2D eigenvalue weighted by Crippen LogP contribution is -2.56. The molecule has 0 saturated heterocycles. The Hall–Kier alpha value is 0.137. The maximum Gasteiger partial charge on any atom is 0.146 e. The number of rotatable bonds is 6. The summed E-state index contributed by atoms with van der Waals surface area (Å²) in [7, 11) is 0.790. The normalized spacial score (nSPS) is 27.0. The summed E-state index contributed by atoms with van der Waals surface area (Å²) in [5.74, 6) is 2.87. The molecule has 1 aliphatic rings. The molecule has 108 valence electrons. The predicted molar refractivity (Wildman–Crippen MR) is 80.5 cm³/mol.